The molecule has 0 fully saturated rings. The van der Waals surface area contributed by atoms with Gasteiger partial charge < -0.3 is 5.32 Å². The standard InChI is InChI=1S/C17H16N8O/c1-11(16-21-20-15-9-5-6-10-24(15)16)18-17(26)13-7-3-4-8-14(13)25-12(2)19-22-23-25/h3-11H,1-2H3,(H,18,26)/t11-/m1/s1. The Kier molecular flexibility index (Phi) is 3.88. The van der Waals surface area contributed by atoms with Gasteiger partial charge in [-0.2, -0.15) is 4.68 Å². The molecule has 3 heterocycles. The highest BCUT2D eigenvalue weighted by molar-refractivity contribution is 5.97. The van der Waals surface area contributed by atoms with Crippen molar-refractivity contribution in [1.29, 1.82) is 0 Å². The number of aryl methyl sites for hydroxylation is 1. The first-order valence-corrected chi connectivity index (χ1v) is 8.10. The Morgan fingerprint density at radius 3 is 2.69 bits per heavy atom. The summed E-state index contributed by atoms with van der Waals surface area (Å²) in [5.41, 5.74) is 1.82. The van der Waals surface area contributed by atoms with Crippen molar-refractivity contribution in [2.45, 2.75) is 19.9 Å². The van der Waals surface area contributed by atoms with Gasteiger partial charge in [0.2, 0.25) is 0 Å². The normalized spacial score (nSPS) is 12.2. The lowest BCUT2D eigenvalue weighted by Gasteiger charge is -2.14. The van der Waals surface area contributed by atoms with E-state index in [9.17, 15) is 4.79 Å². The number of carbonyl (C=O) groups is 1. The van der Waals surface area contributed by atoms with E-state index in [0.717, 1.165) is 5.65 Å². The van der Waals surface area contributed by atoms with Crippen molar-refractivity contribution in [1.82, 2.24) is 40.1 Å². The van der Waals surface area contributed by atoms with Crippen LogP contribution in [-0.2, 0) is 0 Å². The van der Waals surface area contributed by atoms with Crippen molar-refractivity contribution in [2.75, 3.05) is 0 Å². The van der Waals surface area contributed by atoms with E-state index in [1.54, 1.807) is 25.1 Å². The summed E-state index contributed by atoms with van der Waals surface area (Å²) in [5.74, 6) is 1.02. The number of para-hydroxylation sites is 1. The molecule has 0 saturated heterocycles. The van der Waals surface area contributed by atoms with Gasteiger partial charge in [0.05, 0.1) is 17.3 Å². The van der Waals surface area contributed by atoms with Gasteiger partial charge >= 0.3 is 0 Å². The molecule has 0 aliphatic carbocycles. The summed E-state index contributed by atoms with van der Waals surface area (Å²) in [6.07, 6.45) is 1.87. The predicted octanol–water partition coefficient (Wildman–Crippen LogP) is 1.50. The number of tetrazole rings is 1. The Bertz CT molecular complexity index is 1080. The summed E-state index contributed by atoms with van der Waals surface area (Å²) < 4.78 is 3.38. The van der Waals surface area contributed by atoms with Crippen LogP contribution in [0.25, 0.3) is 11.3 Å². The topological polar surface area (TPSA) is 103 Å². The van der Waals surface area contributed by atoms with Crippen molar-refractivity contribution in [2.24, 2.45) is 0 Å². The molecule has 1 N–H and O–H groups in total. The van der Waals surface area contributed by atoms with Crippen LogP contribution in [0.4, 0.5) is 0 Å². The summed E-state index contributed by atoms with van der Waals surface area (Å²) in [4.78, 5) is 12.9. The molecule has 26 heavy (non-hydrogen) atoms. The predicted molar refractivity (Wildman–Crippen MR) is 92.8 cm³/mol. The van der Waals surface area contributed by atoms with E-state index >= 15 is 0 Å². The number of benzene rings is 1. The van der Waals surface area contributed by atoms with Crippen LogP contribution in [0.1, 0.15) is 35.0 Å². The van der Waals surface area contributed by atoms with E-state index in [2.05, 4.69) is 31.0 Å². The van der Waals surface area contributed by atoms with Crippen LogP contribution >= 0.6 is 0 Å². The molecule has 3 aromatic heterocycles. The van der Waals surface area contributed by atoms with Gasteiger partial charge in [-0.25, -0.2) is 0 Å². The molecule has 130 valence electrons. The number of hydrogen-bond donors (Lipinski definition) is 1. The summed E-state index contributed by atoms with van der Waals surface area (Å²) in [6, 6.07) is 12.5. The number of pyridine rings is 1. The highest BCUT2D eigenvalue weighted by Gasteiger charge is 2.20. The molecule has 0 saturated carbocycles. The molecular formula is C17H16N8O. The molecule has 0 bridgehead atoms. The van der Waals surface area contributed by atoms with Gasteiger partial charge in [0.1, 0.15) is 0 Å². The Labute approximate surface area is 148 Å². The number of nitrogens with one attached hydrogen (secondary N) is 1. The van der Waals surface area contributed by atoms with Crippen molar-refractivity contribution in [3.8, 4) is 5.69 Å². The summed E-state index contributed by atoms with van der Waals surface area (Å²) in [6.45, 7) is 3.64. The Hall–Kier alpha value is -3.62. The first kappa shape index (κ1) is 15.9. The molecular weight excluding hydrogens is 332 g/mol. The highest BCUT2D eigenvalue weighted by Crippen LogP contribution is 2.17. The second-order valence-electron chi connectivity index (χ2n) is 5.84. The molecule has 1 aromatic carbocycles. The van der Waals surface area contributed by atoms with Crippen molar-refractivity contribution < 1.29 is 4.79 Å². The van der Waals surface area contributed by atoms with E-state index in [1.165, 1.54) is 4.68 Å². The Morgan fingerprint density at radius 1 is 1.08 bits per heavy atom. The molecule has 0 unspecified atom stereocenters. The number of rotatable bonds is 4. The fraction of sp³-hybridized carbons (Fsp3) is 0.176. The largest absolute Gasteiger partial charge is 0.342 e. The fourth-order valence-corrected chi connectivity index (χ4v) is 2.80. The van der Waals surface area contributed by atoms with Gasteiger partial charge in [-0.15, -0.1) is 15.3 Å². The maximum absolute atomic E-state index is 12.9. The Balaban J connectivity index is 1.64. The van der Waals surface area contributed by atoms with E-state index in [0.29, 0.717) is 22.9 Å². The molecule has 4 aromatic rings. The van der Waals surface area contributed by atoms with Crippen molar-refractivity contribution >= 4 is 11.6 Å². The lowest BCUT2D eigenvalue weighted by atomic mass is 10.1. The van der Waals surface area contributed by atoms with E-state index in [-0.39, 0.29) is 11.9 Å². The van der Waals surface area contributed by atoms with Gasteiger partial charge in [-0.3, -0.25) is 9.20 Å². The zero-order valence-electron chi connectivity index (χ0n) is 14.2. The van der Waals surface area contributed by atoms with Crippen LogP contribution in [0.2, 0.25) is 0 Å². The minimum absolute atomic E-state index is 0.240. The average Bonchev–Trinajstić information content (AvgIpc) is 3.27. The van der Waals surface area contributed by atoms with E-state index in [1.807, 2.05) is 41.8 Å². The molecule has 9 heteroatoms. The summed E-state index contributed by atoms with van der Waals surface area (Å²) in [5, 5.41) is 22.7. The smallest absolute Gasteiger partial charge is 0.254 e. The zero-order valence-corrected chi connectivity index (χ0v) is 14.2. The minimum Gasteiger partial charge on any atom is -0.342 e. The average molecular weight is 348 g/mol. The maximum atomic E-state index is 12.9. The molecule has 0 spiro atoms. The van der Waals surface area contributed by atoms with E-state index in [4.69, 9.17) is 0 Å². The maximum Gasteiger partial charge on any atom is 0.254 e. The van der Waals surface area contributed by atoms with Crippen molar-refractivity contribution in [3.63, 3.8) is 0 Å². The molecule has 9 nitrogen and oxygen atoms in total. The molecule has 1 atom stereocenters. The summed E-state index contributed by atoms with van der Waals surface area (Å²) in [7, 11) is 0. The molecule has 4 rings (SSSR count). The Morgan fingerprint density at radius 2 is 1.88 bits per heavy atom. The molecule has 0 radical (unpaired) electrons. The third kappa shape index (κ3) is 2.69. The van der Waals surface area contributed by atoms with Crippen LogP contribution in [0.15, 0.2) is 48.7 Å². The second-order valence-corrected chi connectivity index (χ2v) is 5.84. The SMILES string of the molecule is Cc1nnnn1-c1ccccc1C(=O)N[C@H](C)c1nnc2ccccn12. The zero-order chi connectivity index (χ0) is 18.1. The number of amides is 1. The molecule has 1 amide bonds. The number of fused-ring (bicyclic) bond motifs is 1. The van der Waals surface area contributed by atoms with Gasteiger partial charge in [0, 0.05) is 6.20 Å². The summed E-state index contributed by atoms with van der Waals surface area (Å²) >= 11 is 0. The quantitative estimate of drug-likeness (QED) is 0.599. The van der Waals surface area contributed by atoms with Crippen LogP contribution in [0.5, 0.6) is 0 Å². The number of aromatic nitrogens is 7. The number of hydrogen-bond acceptors (Lipinski definition) is 6. The fourth-order valence-electron chi connectivity index (χ4n) is 2.80. The first-order valence-electron chi connectivity index (χ1n) is 8.10. The molecule has 0 aliphatic rings. The number of carbonyl (C=O) groups excluding carboxylic acids is 1. The second kappa shape index (κ2) is 6.36. The van der Waals surface area contributed by atoms with Crippen molar-refractivity contribution in [3.05, 3.63) is 65.9 Å². The van der Waals surface area contributed by atoms with Crippen LogP contribution < -0.4 is 5.32 Å². The first-order chi connectivity index (χ1) is 12.6. The van der Waals surface area contributed by atoms with Gasteiger partial charge in [-0.1, -0.05) is 18.2 Å². The van der Waals surface area contributed by atoms with Gasteiger partial charge in [0.15, 0.2) is 17.3 Å². The molecule has 0 aliphatic heterocycles. The monoisotopic (exact) mass is 348 g/mol. The van der Waals surface area contributed by atoms with Gasteiger partial charge in [-0.05, 0) is 48.5 Å². The highest BCUT2D eigenvalue weighted by atomic mass is 16.1. The van der Waals surface area contributed by atoms with E-state index < -0.39 is 0 Å². The van der Waals surface area contributed by atoms with Crippen LogP contribution in [0, 0.1) is 6.92 Å². The third-order valence-electron chi connectivity index (χ3n) is 4.08. The van der Waals surface area contributed by atoms with Crippen LogP contribution in [-0.4, -0.2) is 40.7 Å². The van der Waals surface area contributed by atoms with Gasteiger partial charge in [0.25, 0.3) is 5.91 Å². The van der Waals surface area contributed by atoms with Crippen LogP contribution in [0.3, 0.4) is 0 Å². The number of nitrogens with zero attached hydrogens (tertiary/aromatic N) is 7. The lowest BCUT2D eigenvalue weighted by molar-refractivity contribution is 0.0938. The minimum atomic E-state index is -0.331. The lowest BCUT2D eigenvalue weighted by Crippen LogP contribution is -2.29. The third-order valence-corrected chi connectivity index (χ3v) is 4.08.